The van der Waals surface area contributed by atoms with Crippen molar-refractivity contribution in [3.63, 3.8) is 0 Å². The molecule has 0 N–H and O–H groups in total. The van der Waals surface area contributed by atoms with Gasteiger partial charge in [-0.05, 0) is 119 Å². The zero-order valence-electron chi connectivity index (χ0n) is 47.6. The van der Waals surface area contributed by atoms with Crippen LogP contribution in [0.5, 0.6) is 0 Å². The minimum absolute atomic E-state index is 0.0717. The third-order valence-corrected chi connectivity index (χ3v) is 17.3. The first-order chi connectivity index (χ1) is 43.6. The van der Waals surface area contributed by atoms with E-state index in [1.54, 1.807) is 0 Å². The Morgan fingerprint density at radius 2 is 0.682 bits per heavy atom. The molecule has 17 rings (SSSR count). The summed E-state index contributed by atoms with van der Waals surface area (Å²) in [4.78, 5) is 31.5. The molecule has 0 atom stereocenters. The van der Waals surface area contributed by atoms with Crippen molar-refractivity contribution < 1.29 is 0 Å². The summed E-state index contributed by atoms with van der Waals surface area (Å²) in [5.41, 5.74) is 23.0. The molecule has 0 radical (unpaired) electrons. The van der Waals surface area contributed by atoms with Gasteiger partial charge in [-0.25, -0.2) is 24.9 Å². The van der Waals surface area contributed by atoms with E-state index in [2.05, 4.69) is 257 Å². The van der Waals surface area contributed by atoms with Gasteiger partial charge in [0.1, 0.15) is 0 Å². The van der Waals surface area contributed by atoms with E-state index in [4.69, 9.17) is 24.9 Å². The fourth-order valence-electron chi connectivity index (χ4n) is 13.3. The van der Waals surface area contributed by atoms with Crippen LogP contribution in [0.2, 0.25) is 0 Å². The lowest BCUT2D eigenvalue weighted by Gasteiger charge is -2.44. The average Bonchev–Trinajstić information content (AvgIpc) is 2.25. The molecule has 0 unspecified atom stereocenters. The van der Waals surface area contributed by atoms with E-state index in [1.807, 2.05) is 66.7 Å². The van der Waals surface area contributed by atoms with Gasteiger partial charge in [-0.1, -0.05) is 218 Å². The van der Waals surface area contributed by atoms with E-state index >= 15 is 0 Å². The number of hydrogen-bond acceptors (Lipinski definition) is 7. The second-order valence-corrected chi connectivity index (χ2v) is 22.4. The van der Waals surface area contributed by atoms with Gasteiger partial charge in [0.15, 0.2) is 23.3 Å². The number of anilines is 6. The molecule has 410 valence electrons. The number of benzene rings is 12. The molecule has 5 heterocycles. The molecule has 0 bridgehead atoms. The van der Waals surface area contributed by atoms with E-state index < -0.39 is 0 Å². The molecule has 88 heavy (non-hydrogen) atoms. The predicted molar refractivity (Wildman–Crippen MR) is 362 cm³/mol. The van der Waals surface area contributed by atoms with Crippen LogP contribution in [0.25, 0.3) is 107 Å². The molecule has 0 saturated carbocycles. The normalized spacial score (nSPS) is 12.2. The van der Waals surface area contributed by atoms with Gasteiger partial charge >= 0.3 is 0 Å². The summed E-state index contributed by atoms with van der Waals surface area (Å²) >= 11 is 0. The summed E-state index contributed by atoms with van der Waals surface area (Å²) < 4.78 is 2.34. The molecule has 2 aliphatic heterocycles. The largest absolute Gasteiger partial charge is 0.311 e. The van der Waals surface area contributed by atoms with Crippen molar-refractivity contribution >= 4 is 79.0 Å². The van der Waals surface area contributed by atoms with Crippen molar-refractivity contribution in [2.45, 2.75) is 0 Å². The summed E-state index contributed by atoms with van der Waals surface area (Å²) in [7, 11) is 0. The van der Waals surface area contributed by atoms with E-state index in [0.29, 0.717) is 23.3 Å². The molecule has 2 aliphatic rings. The Balaban J connectivity index is 0.805. The molecule has 8 nitrogen and oxygen atoms in total. The highest BCUT2D eigenvalue weighted by Crippen LogP contribution is 2.45. The smallest absolute Gasteiger partial charge is 0.252 e. The SMILES string of the molecule is c1ccc(-c2cc(-c3cccc(-c4ccc(N5c6ccccc6B6c7ccccc7N(c7ccccc7)c7cccc5c76)cc4)c3)nc(-c3cc(-c4nc(-c5ccccc5)nc(-c5ccccc5)n4)ccc3-n3c4ccccc4c4ccccc43)n2)cc1. The lowest BCUT2D eigenvalue weighted by molar-refractivity contribution is 1.07. The molecule has 0 saturated heterocycles. The third kappa shape index (κ3) is 8.58. The van der Waals surface area contributed by atoms with Crippen molar-refractivity contribution in [3.05, 3.63) is 309 Å². The van der Waals surface area contributed by atoms with E-state index in [9.17, 15) is 0 Å². The first kappa shape index (κ1) is 50.7. The molecular formula is C79H51BN8. The van der Waals surface area contributed by atoms with Crippen LogP contribution in [0.1, 0.15) is 0 Å². The van der Waals surface area contributed by atoms with Gasteiger partial charge in [0.2, 0.25) is 0 Å². The zero-order valence-corrected chi connectivity index (χ0v) is 47.6. The van der Waals surface area contributed by atoms with Crippen LogP contribution in [-0.2, 0) is 0 Å². The summed E-state index contributed by atoms with van der Waals surface area (Å²) in [5.74, 6) is 2.28. The lowest BCUT2D eigenvalue weighted by atomic mass is 9.33. The molecule has 12 aromatic carbocycles. The van der Waals surface area contributed by atoms with Crippen LogP contribution < -0.4 is 26.2 Å². The number of para-hydroxylation sites is 5. The second kappa shape index (κ2) is 21.1. The topological polar surface area (TPSA) is 75.9 Å². The van der Waals surface area contributed by atoms with Gasteiger partial charge < -0.3 is 14.4 Å². The third-order valence-electron chi connectivity index (χ3n) is 17.3. The van der Waals surface area contributed by atoms with Crippen LogP contribution in [-0.4, -0.2) is 36.2 Å². The van der Waals surface area contributed by atoms with Crippen molar-refractivity contribution in [2.24, 2.45) is 0 Å². The Morgan fingerprint density at radius 3 is 1.27 bits per heavy atom. The van der Waals surface area contributed by atoms with Crippen LogP contribution in [0.4, 0.5) is 34.1 Å². The highest BCUT2D eigenvalue weighted by molar-refractivity contribution is 7.00. The van der Waals surface area contributed by atoms with Crippen LogP contribution in [0, 0.1) is 0 Å². The highest BCUT2D eigenvalue weighted by Gasteiger charge is 2.42. The molecule has 0 spiro atoms. The summed E-state index contributed by atoms with van der Waals surface area (Å²) in [6.45, 7) is 0.0717. The molecular weight excluding hydrogens is 1070 g/mol. The van der Waals surface area contributed by atoms with Gasteiger partial charge in [0.05, 0.1) is 28.1 Å². The monoisotopic (exact) mass is 1120 g/mol. The van der Waals surface area contributed by atoms with Crippen molar-refractivity contribution in [1.82, 2.24) is 29.5 Å². The number of nitrogens with zero attached hydrogens (tertiary/aromatic N) is 8. The van der Waals surface area contributed by atoms with Gasteiger partial charge in [-0.3, -0.25) is 0 Å². The Kier molecular flexibility index (Phi) is 12.1. The Bertz CT molecular complexity index is 5060. The van der Waals surface area contributed by atoms with Gasteiger partial charge in [0, 0.05) is 78.3 Å². The fourth-order valence-corrected chi connectivity index (χ4v) is 13.3. The Labute approximate surface area is 509 Å². The molecule has 15 aromatic rings. The number of aromatic nitrogens is 6. The summed E-state index contributed by atoms with van der Waals surface area (Å²) in [6, 6.07) is 109. The molecule has 9 heteroatoms. The average molecular weight is 1120 g/mol. The first-order valence-electron chi connectivity index (χ1n) is 29.8. The summed E-state index contributed by atoms with van der Waals surface area (Å²) in [5, 5.41) is 2.31. The minimum atomic E-state index is 0.0717. The quantitative estimate of drug-likeness (QED) is 0.126. The standard InChI is InChI=1S/C79H51BN8/c1-5-23-53(24-6-1)66-51-67(57-30-21-29-56(49-57)52-43-46-60(47-44-52)87-72-40-20-16-36-65(72)80-64-35-15-19-39-71(64)86(59-31-11-4-12-32-59)73-41-22-42-74(87)75(73)80)82-79(81-66)63-50-58(45-48-70(63)88-68-37-17-13-33-61(68)62-34-14-18-38-69(62)88)78-84-76(54-25-7-2-8-26-54)83-77(85-78)55-27-9-3-10-28-55/h1-51H. The molecule has 0 amide bonds. The van der Waals surface area contributed by atoms with Gasteiger partial charge in [0.25, 0.3) is 6.71 Å². The van der Waals surface area contributed by atoms with Crippen LogP contribution >= 0.6 is 0 Å². The molecule has 0 aliphatic carbocycles. The summed E-state index contributed by atoms with van der Waals surface area (Å²) in [6.07, 6.45) is 0. The van der Waals surface area contributed by atoms with E-state index in [0.717, 1.165) is 94.8 Å². The minimum Gasteiger partial charge on any atom is -0.311 e. The Morgan fingerprint density at radius 1 is 0.250 bits per heavy atom. The van der Waals surface area contributed by atoms with E-state index in [-0.39, 0.29) is 6.71 Å². The number of fused-ring (bicyclic) bond motifs is 7. The second-order valence-electron chi connectivity index (χ2n) is 22.4. The van der Waals surface area contributed by atoms with Crippen LogP contribution in [0.15, 0.2) is 309 Å². The maximum Gasteiger partial charge on any atom is 0.252 e. The highest BCUT2D eigenvalue weighted by atomic mass is 15.2. The van der Waals surface area contributed by atoms with Crippen LogP contribution in [0.3, 0.4) is 0 Å². The molecule has 0 fully saturated rings. The number of hydrogen-bond donors (Lipinski definition) is 0. The fraction of sp³-hybridized carbons (Fsp3) is 0. The molecule has 3 aromatic heterocycles. The van der Waals surface area contributed by atoms with E-state index in [1.165, 1.54) is 39.1 Å². The van der Waals surface area contributed by atoms with Gasteiger partial charge in [-0.2, -0.15) is 0 Å². The predicted octanol–water partition coefficient (Wildman–Crippen LogP) is 17.5. The maximum absolute atomic E-state index is 5.62. The first-order valence-corrected chi connectivity index (χ1v) is 29.8. The van der Waals surface area contributed by atoms with Crippen molar-refractivity contribution in [1.29, 1.82) is 0 Å². The van der Waals surface area contributed by atoms with Crippen molar-refractivity contribution in [2.75, 3.05) is 9.80 Å². The Hall–Kier alpha value is -11.8. The van der Waals surface area contributed by atoms with Gasteiger partial charge in [-0.15, -0.1) is 0 Å². The maximum atomic E-state index is 5.62. The van der Waals surface area contributed by atoms with Crippen molar-refractivity contribution in [3.8, 4) is 84.9 Å². The number of rotatable bonds is 10. The zero-order chi connectivity index (χ0) is 58.1. The lowest BCUT2D eigenvalue weighted by Crippen LogP contribution is -2.61.